The second kappa shape index (κ2) is 7.72. The van der Waals surface area contributed by atoms with E-state index in [1.54, 1.807) is 14.2 Å². The minimum atomic E-state index is 0.00197. The molecular formula is C18H24N2O3. The summed E-state index contributed by atoms with van der Waals surface area (Å²) in [6.07, 6.45) is 1.15. The molecule has 0 radical (unpaired) electrons. The van der Waals surface area contributed by atoms with E-state index in [-0.39, 0.29) is 5.91 Å². The number of rotatable bonds is 7. The highest BCUT2D eigenvalue weighted by Crippen LogP contribution is 2.27. The molecule has 1 amide bonds. The fraction of sp³-hybridized carbons (Fsp3) is 0.389. The zero-order valence-corrected chi connectivity index (χ0v) is 14.2. The number of nitrogens with one attached hydrogen (secondary N) is 2. The molecule has 5 nitrogen and oxygen atoms in total. The van der Waals surface area contributed by atoms with Gasteiger partial charge in [-0.3, -0.25) is 4.79 Å². The third-order valence-electron chi connectivity index (χ3n) is 3.79. The summed E-state index contributed by atoms with van der Waals surface area (Å²) in [5, 5.41) is 2.96. The third kappa shape index (κ3) is 4.52. The summed E-state index contributed by atoms with van der Waals surface area (Å²) in [6.45, 7) is 4.71. The monoisotopic (exact) mass is 316 g/mol. The maximum absolute atomic E-state index is 12.1. The standard InChI is InChI=1S/C18H24N2O3/c1-12-9-15(13(2)20-12)7-8-19-18(21)11-14-5-6-16(22-3)17(10-14)23-4/h5-6,9-10,20H,7-8,11H2,1-4H3,(H,19,21). The van der Waals surface area contributed by atoms with E-state index in [0.29, 0.717) is 24.5 Å². The van der Waals surface area contributed by atoms with Crippen molar-refractivity contribution in [1.82, 2.24) is 10.3 Å². The van der Waals surface area contributed by atoms with Gasteiger partial charge in [-0.2, -0.15) is 0 Å². The number of H-pyrrole nitrogens is 1. The van der Waals surface area contributed by atoms with Crippen LogP contribution in [0.3, 0.4) is 0 Å². The Morgan fingerprint density at radius 1 is 1.13 bits per heavy atom. The molecule has 0 saturated heterocycles. The lowest BCUT2D eigenvalue weighted by molar-refractivity contribution is -0.120. The highest BCUT2D eigenvalue weighted by molar-refractivity contribution is 5.78. The number of amides is 1. The summed E-state index contributed by atoms with van der Waals surface area (Å²) >= 11 is 0. The van der Waals surface area contributed by atoms with Crippen LogP contribution >= 0.6 is 0 Å². The normalized spacial score (nSPS) is 10.4. The molecule has 2 aromatic rings. The highest BCUT2D eigenvalue weighted by Gasteiger charge is 2.09. The Hall–Kier alpha value is -2.43. The summed E-state index contributed by atoms with van der Waals surface area (Å²) in [4.78, 5) is 15.3. The molecule has 0 unspecified atom stereocenters. The zero-order valence-electron chi connectivity index (χ0n) is 14.2. The average Bonchev–Trinajstić information content (AvgIpc) is 2.85. The van der Waals surface area contributed by atoms with Crippen LogP contribution in [0.4, 0.5) is 0 Å². The molecule has 5 heteroatoms. The van der Waals surface area contributed by atoms with Crippen molar-refractivity contribution in [3.8, 4) is 11.5 Å². The molecule has 124 valence electrons. The summed E-state index contributed by atoms with van der Waals surface area (Å²) in [7, 11) is 3.18. The number of carbonyl (C=O) groups is 1. The first-order chi connectivity index (χ1) is 11.0. The van der Waals surface area contributed by atoms with Gasteiger partial charge in [0.25, 0.3) is 0 Å². The van der Waals surface area contributed by atoms with E-state index in [9.17, 15) is 4.79 Å². The Labute approximate surface area is 137 Å². The molecule has 0 spiro atoms. The Balaban J connectivity index is 1.86. The van der Waals surface area contributed by atoms with Gasteiger partial charge in [0, 0.05) is 17.9 Å². The van der Waals surface area contributed by atoms with Crippen LogP contribution in [0.1, 0.15) is 22.5 Å². The minimum absolute atomic E-state index is 0.00197. The largest absolute Gasteiger partial charge is 0.493 e. The van der Waals surface area contributed by atoms with Crippen LogP contribution in [-0.4, -0.2) is 31.7 Å². The number of aromatic amines is 1. The van der Waals surface area contributed by atoms with Gasteiger partial charge in [-0.05, 0) is 49.6 Å². The van der Waals surface area contributed by atoms with Crippen molar-refractivity contribution in [2.24, 2.45) is 0 Å². The van der Waals surface area contributed by atoms with Gasteiger partial charge in [0.15, 0.2) is 11.5 Å². The molecule has 2 rings (SSSR count). The SMILES string of the molecule is COc1ccc(CC(=O)NCCc2cc(C)[nH]c2C)cc1OC. The summed E-state index contributed by atoms with van der Waals surface area (Å²) < 4.78 is 10.4. The smallest absolute Gasteiger partial charge is 0.224 e. The topological polar surface area (TPSA) is 63.3 Å². The van der Waals surface area contributed by atoms with Crippen molar-refractivity contribution in [2.45, 2.75) is 26.7 Å². The number of carbonyl (C=O) groups excluding carboxylic acids is 1. The lowest BCUT2D eigenvalue weighted by atomic mass is 10.1. The van der Waals surface area contributed by atoms with Crippen LogP contribution < -0.4 is 14.8 Å². The average molecular weight is 316 g/mol. The molecule has 0 aliphatic rings. The van der Waals surface area contributed by atoms with Gasteiger partial charge in [0.05, 0.1) is 20.6 Å². The summed E-state index contributed by atoms with van der Waals surface area (Å²) in [5.41, 5.74) is 4.45. The maximum atomic E-state index is 12.1. The summed E-state index contributed by atoms with van der Waals surface area (Å²) in [5.74, 6) is 1.30. The first-order valence-electron chi connectivity index (χ1n) is 7.66. The van der Waals surface area contributed by atoms with E-state index >= 15 is 0 Å². The molecule has 1 aromatic carbocycles. The Morgan fingerprint density at radius 2 is 1.87 bits per heavy atom. The van der Waals surface area contributed by atoms with Crippen molar-refractivity contribution >= 4 is 5.91 Å². The van der Waals surface area contributed by atoms with Gasteiger partial charge < -0.3 is 19.8 Å². The molecule has 0 aliphatic carbocycles. The fourth-order valence-electron chi connectivity index (χ4n) is 2.62. The molecule has 23 heavy (non-hydrogen) atoms. The van der Waals surface area contributed by atoms with Gasteiger partial charge in [-0.1, -0.05) is 6.07 Å². The first-order valence-corrected chi connectivity index (χ1v) is 7.66. The summed E-state index contributed by atoms with van der Waals surface area (Å²) in [6, 6.07) is 7.64. The van der Waals surface area contributed by atoms with Crippen LogP contribution in [-0.2, 0) is 17.6 Å². The molecule has 1 aromatic heterocycles. The molecule has 0 saturated carbocycles. The molecule has 2 N–H and O–H groups in total. The number of hydrogen-bond acceptors (Lipinski definition) is 3. The molecule has 0 aliphatic heterocycles. The second-order valence-electron chi connectivity index (χ2n) is 5.57. The molecule has 0 fully saturated rings. The Bertz CT molecular complexity index is 677. The van der Waals surface area contributed by atoms with Crippen LogP contribution in [0.25, 0.3) is 0 Å². The first kappa shape index (κ1) is 16.9. The Morgan fingerprint density at radius 3 is 2.48 bits per heavy atom. The molecular weight excluding hydrogens is 292 g/mol. The lowest BCUT2D eigenvalue weighted by Gasteiger charge is -2.10. The maximum Gasteiger partial charge on any atom is 0.224 e. The number of ether oxygens (including phenoxy) is 2. The van der Waals surface area contributed by atoms with Gasteiger partial charge in [0.2, 0.25) is 5.91 Å². The van der Waals surface area contributed by atoms with E-state index in [1.807, 2.05) is 32.0 Å². The van der Waals surface area contributed by atoms with Gasteiger partial charge in [-0.25, -0.2) is 0 Å². The van der Waals surface area contributed by atoms with Crippen molar-refractivity contribution in [3.05, 3.63) is 46.8 Å². The zero-order chi connectivity index (χ0) is 16.8. The minimum Gasteiger partial charge on any atom is -0.493 e. The van der Waals surface area contributed by atoms with Crippen LogP contribution in [0.5, 0.6) is 11.5 Å². The van der Waals surface area contributed by atoms with E-state index in [4.69, 9.17) is 9.47 Å². The lowest BCUT2D eigenvalue weighted by Crippen LogP contribution is -2.27. The van der Waals surface area contributed by atoms with Gasteiger partial charge in [0.1, 0.15) is 0 Å². The fourth-order valence-corrected chi connectivity index (χ4v) is 2.62. The van der Waals surface area contributed by atoms with Crippen molar-refractivity contribution < 1.29 is 14.3 Å². The Kier molecular flexibility index (Phi) is 5.68. The predicted molar refractivity (Wildman–Crippen MR) is 90.2 cm³/mol. The van der Waals surface area contributed by atoms with Gasteiger partial charge >= 0.3 is 0 Å². The van der Waals surface area contributed by atoms with Crippen molar-refractivity contribution in [2.75, 3.05) is 20.8 Å². The second-order valence-corrected chi connectivity index (χ2v) is 5.57. The molecule has 0 atom stereocenters. The predicted octanol–water partition coefficient (Wildman–Crippen LogP) is 2.55. The van der Waals surface area contributed by atoms with Crippen LogP contribution in [0, 0.1) is 13.8 Å². The number of benzene rings is 1. The van der Waals surface area contributed by atoms with Crippen molar-refractivity contribution in [3.63, 3.8) is 0 Å². The highest BCUT2D eigenvalue weighted by atomic mass is 16.5. The molecule has 1 heterocycles. The van der Waals surface area contributed by atoms with Crippen LogP contribution in [0.2, 0.25) is 0 Å². The number of methoxy groups -OCH3 is 2. The molecule has 0 bridgehead atoms. The number of aromatic nitrogens is 1. The van der Waals surface area contributed by atoms with E-state index in [2.05, 4.69) is 16.4 Å². The number of hydrogen-bond donors (Lipinski definition) is 2. The van der Waals surface area contributed by atoms with E-state index in [0.717, 1.165) is 23.4 Å². The van der Waals surface area contributed by atoms with E-state index in [1.165, 1.54) is 5.56 Å². The van der Waals surface area contributed by atoms with Gasteiger partial charge in [-0.15, -0.1) is 0 Å². The third-order valence-corrected chi connectivity index (χ3v) is 3.79. The number of aryl methyl sites for hydroxylation is 2. The quantitative estimate of drug-likeness (QED) is 0.825. The van der Waals surface area contributed by atoms with Crippen molar-refractivity contribution in [1.29, 1.82) is 0 Å². The van der Waals surface area contributed by atoms with Crippen LogP contribution in [0.15, 0.2) is 24.3 Å². The van der Waals surface area contributed by atoms with E-state index < -0.39 is 0 Å².